The van der Waals surface area contributed by atoms with E-state index in [4.69, 9.17) is 0 Å². The predicted molar refractivity (Wildman–Crippen MR) is 182 cm³/mol. The van der Waals surface area contributed by atoms with Gasteiger partial charge in [0, 0.05) is 33.4 Å². The first-order valence-corrected chi connectivity index (χ1v) is 14.9. The number of phenolic OH excluding ortho intramolecular Hbond substituents is 2. The summed E-state index contributed by atoms with van der Waals surface area (Å²) in [5.74, 6) is -1.75. The summed E-state index contributed by atoms with van der Waals surface area (Å²) < 4.78 is 31.7. The number of phenols is 2. The molecule has 0 radical (unpaired) electrons. The Balaban J connectivity index is 1.26. The van der Waals surface area contributed by atoms with Crippen molar-refractivity contribution in [3.8, 4) is 78.3 Å². The highest BCUT2D eigenvalue weighted by atomic mass is 19.1. The Kier molecular flexibility index (Phi) is 7.61. The molecule has 7 aromatic carbocycles. The molecule has 4 heteroatoms. The van der Waals surface area contributed by atoms with Crippen LogP contribution in [-0.4, -0.2) is 10.2 Å². The van der Waals surface area contributed by atoms with Crippen LogP contribution in [0.15, 0.2) is 158 Å². The molecule has 2 nitrogen and oxygen atoms in total. The summed E-state index contributed by atoms with van der Waals surface area (Å²) in [6, 6.07) is 47.4. The third-order valence-electron chi connectivity index (χ3n) is 8.27. The normalized spacial score (nSPS) is 11.0. The number of hydrogen-bond acceptors (Lipinski definition) is 2. The van der Waals surface area contributed by atoms with Crippen LogP contribution in [0.3, 0.4) is 0 Å². The lowest BCUT2D eigenvalue weighted by atomic mass is 9.92. The van der Waals surface area contributed by atoms with Gasteiger partial charge in [-0.1, -0.05) is 133 Å². The maximum atomic E-state index is 15.8. The molecular formula is C42H28F2O2. The SMILES string of the molecule is Oc1c(-c2cccc(-c3ccccc3)c2)cccc1-c1cc(F)c(-c2cccc(-c3cccc(-c4ccccc4)c3)c2O)cc1F. The summed E-state index contributed by atoms with van der Waals surface area (Å²) >= 11 is 0. The molecule has 46 heavy (non-hydrogen) atoms. The van der Waals surface area contributed by atoms with Gasteiger partial charge in [0.15, 0.2) is 0 Å². The largest absolute Gasteiger partial charge is 0.507 e. The smallest absolute Gasteiger partial charge is 0.131 e. The van der Waals surface area contributed by atoms with E-state index >= 15 is 8.78 Å². The summed E-state index contributed by atoms with van der Waals surface area (Å²) in [5.41, 5.74) is 6.67. The van der Waals surface area contributed by atoms with Crippen molar-refractivity contribution in [1.82, 2.24) is 0 Å². The van der Waals surface area contributed by atoms with Crippen LogP contribution in [0.25, 0.3) is 66.8 Å². The second-order valence-corrected chi connectivity index (χ2v) is 11.1. The third-order valence-corrected chi connectivity index (χ3v) is 8.27. The van der Waals surface area contributed by atoms with E-state index < -0.39 is 11.6 Å². The van der Waals surface area contributed by atoms with Crippen molar-refractivity contribution < 1.29 is 19.0 Å². The maximum Gasteiger partial charge on any atom is 0.131 e. The fourth-order valence-corrected chi connectivity index (χ4v) is 5.94. The van der Waals surface area contributed by atoms with Crippen molar-refractivity contribution in [3.63, 3.8) is 0 Å². The van der Waals surface area contributed by atoms with Crippen LogP contribution in [0.2, 0.25) is 0 Å². The molecule has 0 aromatic heterocycles. The minimum atomic E-state index is -0.724. The lowest BCUT2D eigenvalue weighted by molar-refractivity contribution is 0.477. The summed E-state index contributed by atoms with van der Waals surface area (Å²) in [6.07, 6.45) is 0. The Labute approximate surface area is 266 Å². The van der Waals surface area contributed by atoms with Crippen LogP contribution in [0, 0.1) is 11.6 Å². The van der Waals surface area contributed by atoms with Crippen molar-refractivity contribution in [2.24, 2.45) is 0 Å². The molecule has 7 aromatic rings. The quantitative estimate of drug-likeness (QED) is 0.199. The summed E-state index contributed by atoms with van der Waals surface area (Å²) in [4.78, 5) is 0. The van der Waals surface area contributed by atoms with E-state index in [1.807, 2.05) is 109 Å². The van der Waals surface area contributed by atoms with Gasteiger partial charge in [-0.2, -0.15) is 0 Å². The molecule has 0 amide bonds. The second kappa shape index (κ2) is 12.2. The minimum absolute atomic E-state index is 0.0778. The predicted octanol–water partition coefficient (Wildman–Crippen LogP) is 11.4. The molecule has 0 bridgehead atoms. The van der Waals surface area contributed by atoms with Crippen LogP contribution in [0.5, 0.6) is 11.5 Å². The Bertz CT molecular complexity index is 2030. The highest BCUT2D eigenvalue weighted by Gasteiger charge is 2.20. The number of para-hydroxylation sites is 2. The first-order chi connectivity index (χ1) is 22.5. The lowest BCUT2D eigenvalue weighted by Crippen LogP contribution is -1.94. The molecule has 0 saturated carbocycles. The van der Waals surface area contributed by atoms with Gasteiger partial charge in [-0.25, -0.2) is 8.78 Å². The van der Waals surface area contributed by atoms with E-state index in [-0.39, 0.29) is 33.8 Å². The standard InChI is InChI=1S/C42H28F2O2/c43-39-26-38(36-22-10-20-34(42(36)46)32-18-8-16-30(24-32)28-13-5-2-6-14-28)40(44)25-37(39)35-21-9-19-33(41(35)45)31-17-7-15-29(23-31)27-11-3-1-4-12-27/h1-26,45-46H. The Morgan fingerprint density at radius 1 is 0.283 bits per heavy atom. The molecule has 0 atom stereocenters. The molecule has 0 aliphatic rings. The zero-order valence-corrected chi connectivity index (χ0v) is 24.7. The van der Waals surface area contributed by atoms with E-state index in [0.29, 0.717) is 11.1 Å². The van der Waals surface area contributed by atoms with Crippen LogP contribution in [0.4, 0.5) is 8.78 Å². The Morgan fingerprint density at radius 2 is 0.609 bits per heavy atom. The van der Waals surface area contributed by atoms with E-state index in [2.05, 4.69) is 0 Å². The molecule has 0 fully saturated rings. The van der Waals surface area contributed by atoms with Crippen molar-refractivity contribution in [2.75, 3.05) is 0 Å². The van der Waals surface area contributed by atoms with Crippen molar-refractivity contribution in [1.29, 1.82) is 0 Å². The number of hydrogen-bond donors (Lipinski definition) is 2. The molecule has 0 saturated heterocycles. The fourth-order valence-electron chi connectivity index (χ4n) is 5.94. The third kappa shape index (κ3) is 5.42. The number of halogens is 2. The second-order valence-electron chi connectivity index (χ2n) is 11.1. The summed E-state index contributed by atoms with van der Waals surface area (Å²) in [5, 5.41) is 22.7. The zero-order valence-electron chi connectivity index (χ0n) is 24.7. The van der Waals surface area contributed by atoms with Gasteiger partial charge in [-0.05, 0) is 57.6 Å². The van der Waals surface area contributed by atoms with Crippen molar-refractivity contribution in [3.05, 3.63) is 169 Å². The van der Waals surface area contributed by atoms with Gasteiger partial charge in [-0.3, -0.25) is 0 Å². The van der Waals surface area contributed by atoms with Gasteiger partial charge < -0.3 is 10.2 Å². The first kappa shape index (κ1) is 28.8. The van der Waals surface area contributed by atoms with E-state index in [9.17, 15) is 10.2 Å². The minimum Gasteiger partial charge on any atom is -0.507 e. The van der Waals surface area contributed by atoms with Crippen LogP contribution < -0.4 is 0 Å². The lowest BCUT2D eigenvalue weighted by Gasteiger charge is -2.15. The topological polar surface area (TPSA) is 40.5 Å². The molecule has 7 rings (SSSR count). The van der Waals surface area contributed by atoms with Crippen LogP contribution in [-0.2, 0) is 0 Å². The van der Waals surface area contributed by atoms with Gasteiger partial charge in [0.05, 0.1) is 0 Å². The van der Waals surface area contributed by atoms with E-state index in [0.717, 1.165) is 45.5 Å². The van der Waals surface area contributed by atoms with Crippen molar-refractivity contribution in [2.45, 2.75) is 0 Å². The van der Waals surface area contributed by atoms with Gasteiger partial charge in [0.1, 0.15) is 23.1 Å². The summed E-state index contributed by atoms with van der Waals surface area (Å²) in [7, 11) is 0. The molecule has 0 heterocycles. The summed E-state index contributed by atoms with van der Waals surface area (Å²) in [6.45, 7) is 0. The number of benzene rings is 7. The van der Waals surface area contributed by atoms with Gasteiger partial charge >= 0.3 is 0 Å². The van der Waals surface area contributed by atoms with E-state index in [1.165, 1.54) is 0 Å². The van der Waals surface area contributed by atoms with Crippen LogP contribution in [0.1, 0.15) is 0 Å². The van der Waals surface area contributed by atoms with Crippen molar-refractivity contribution >= 4 is 0 Å². The van der Waals surface area contributed by atoms with E-state index in [1.54, 1.807) is 36.4 Å². The fraction of sp³-hybridized carbons (Fsp3) is 0. The molecule has 0 aliphatic carbocycles. The molecule has 0 spiro atoms. The molecule has 0 unspecified atom stereocenters. The molecule has 222 valence electrons. The van der Waals surface area contributed by atoms with Gasteiger partial charge in [-0.15, -0.1) is 0 Å². The highest BCUT2D eigenvalue weighted by Crippen LogP contribution is 2.44. The molecular weight excluding hydrogens is 574 g/mol. The molecule has 0 aliphatic heterocycles. The zero-order chi connectivity index (χ0) is 31.6. The molecule has 2 N–H and O–H groups in total. The maximum absolute atomic E-state index is 15.8. The van der Waals surface area contributed by atoms with Gasteiger partial charge in [0.2, 0.25) is 0 Å². The monoisotopic (exact) mass is 602 g/mol. The average molecular weight is 603 g/mol. The Morgan fingerprint density at radius 3 is 1.02 bits per heavy atom. The van der Waals surface area contributed by atoms with Gasteiger partial charge in [0.25, 0.3) is 0 Å². The van der Waals surface area contributed by atoms with Crippen LogP contribution >= 0.6 is 0 Å². The number of aromatic hydroxyl groups is 2. The average Bonchev–Trinajstić information content (AvgIpc) is 3.10. The Hall–Kier alpha value is -6.00. The highest BCUT2D eigenvalue weighted by molar-refractivity contribution is 5.87. The first-order valence-electron chi connectivity index (χ1n) is 14.9. The number of rotatable bonds is 6.